The molecule has 0 N–H and O–H groups in total. The number of amides is 1. The summed E-state index contributed by atoms with van der Waals surface area (Å²) in [5.41, 5.74) is 3.70. The molecule has 2 aliphatic rings. The van der Waals surface area contributed by atoms with Gasteiger partial charge in [-0.3, -0.25) is 4.79 Å². The highest BCUT2D eigenvalue weighted by Gasteiger charge is 2.36. The minimum absolute atomic E-state index is 0.179. The lowest BCUT2D eigenvalue weighted by Gasteiger charge is -2.16. The van der Waals surface area contributed by atoms with E-state index in [0.717, 1.165) is 48.2 Å². The third-order valence-corrected chi connectivity index (χ3v) is 6.91. The summed E-state index contributed by atoms with van der Waals surface area (Å²) < 4.78 is 17.7. The molecule has 5 rings (SSSR count). The molecule has 1 saturated carbocycles. The van der Waals surface area contributed by atoms with Crippen LogP contribution in [-0.4, -0.2) is 52.3 Å². The van der Waals surface area contributed by atoms with Crippen molar-refractivity contribution in [2.45, 2.75) is 32.7 Å². The third-order valence-electron chi connectivity index (χ3n) is 6.91. The number of rotatable bonds is 6. The predicted octanol–water partition coefficient (Wildman–Crippen LogP) is 3.47. The summed E-state index contributed by atoms with van der Waals surface area (Å²) in [4.78, 5) is 29.2. The lowest BCUT2D eigenvalue weighted by atomic mass is 10.0. The van der Waals surface area contributed by atoms with Crippen molar-refractivity contribution in [3.05, 3.63) is 64.6 Å². The molecule has 1 atom stereocenters. The second kappa shape index (κ2) is 8.74. The summed E-state index contributed by atoms with van der Waals surface area (Å²) in [6.07, 6.45) is 4.22. The topological polar surface area (TPSA) is 63.4 Å². The van der Waals surface area contributed by atoms with Crippen LogP contribution in [0, 0.1) is 24.6 Å². The first-order chi connectivity index (χ1) is 16.3. The van der Waals surface area contributed by atoms with Crippen LogP contribution in [0.1, 0.15) is 24.8 Å². The molecule has 0 unspecified atom stereocenters. The van der Waals surface area contributed by atoms with Gasteiger partial charge in [0, 0.05) is 38.8 Å². The number of aromatic nitrogens is 3. The summed E-state index contributed by atoms with van der Waals surface area (Å²) in [7, 11) is 3.98. The van der Waals surface area contributed by atoms with Crippen molar-refractivity contribution in [1.82, 2.24) is 19.2 Å². The normalized spacial score (nSPS) is 17.9. The van der Waals surface area contributed by atoms with Gasteiger partial charge < -0.3 is 9.80 Å². The Bertz CT molecular complexity index is 1290. The van der Waals surface area contributed by atoms with Crippen LogP contribution < -0.4 is 10.6 Å². The molecule has 34 heavy (non-hydrogen) atoms. The Labute approximate surface area is 198 Å². The lowest BCUT2D eigenvalue weighted by molar-refractivity contribution is -0.131. The second-order valence-electron chi connectivity index (χ2n) is 9.74. The fraction of sp³-hybridized carbons (Fsp3) is 0.423. The highest BCUT2D eigenvalue weighted by molar-refractivity contribution is 5.81. The Kier molecular flexibility index (Phi) is 5.75. The minimum Gasteiger partial charge on any atom is -0.377 e. The zero-order valence-electron chi connectivity index (χ0n) is 19.9. The van der Waals surface area contributed by atoms with E-state index in [2.05, 4.69) is 5.10 Å². The molecule has 2 fully saturated rings. The van der Waals surface area contributed by atoms with Gasteiger partial charge in [-0.1, -0.05) is 12.1 Å². The van der Waals surface area contributed by atoms with Gasteiger partial charge in [-0.25, -0.2) is 18.4 Å². The Morgan fingerprint density at radius 2 is 1.85 bits per heavy atom. The van der Waals surface area contributed by atoms with E-state index in [9.17, 15) is 9.59 Å². The molecule has 1 saturated heterocycles. The molecule has 1 aliphatic heterocycles. The molecule has 1 aliphatic carbocycles. The van der Waals surface area contributed by atoms with Crippen LogP contribution in [0.4, 0.5) is 10.1 Å². The van der Waals surface area contributed by atoms with Crippen LogP contribution in [0.2, 0.25) is 0 Å². The van der Waals surface area contributed by atoms with E-state index in [1.807, 2.05) is 55.1 Å². The summed E-state index contributed by atoms with van der Waals surface area (Å²) in [5, 5.41) is 4.22. The van der Waals surface area contributed by atoms with Gasteiger partial charge in [0.25, 0.3) is 0 Å². The summed E-state index contributed by atoms with van der Waals surface area (Å²) in [6.45, 7) is 3.85. The fourth-order valence-corrected chi connectivity index (χ4v) is 4.86. The smallest absolute Gasteiger partial charge is 0.350 e. The molecule has 0 radical (unpaired) electrons. The van der Waals surface area contributed by atoms with Crippen LogP contribution in [-0.2, 0) is 11.3 Å². The zero-order chi connectivity index (χ0) is 24.0. The summed E-state index contributed by atoms with van der Waals surface area (Å²) in [6, 6.07) is 10.9. The largest absolute Gasteiger partial charge is 0.377 e. The lowest BCUT2D eigenvalue weighted by Crippen LogP contribution is -2.32. The molecule has 7 nitrogen and oxygen atoms in total. The van der Waals surface area contributed by atoms with Gasteiger partial charge in [0.05, 0.1) is 12.2 Å². The number of nitrogens with zero attached hydrogens (tertiary/aromatic N) is 5. The van der Waals surface area contributed by atoms with Gasteiger partial charge in [0.15, 0.2) is 0 Å². The van der Waals surface area contributed by atoms with Gasteiger partial charge >= 0.3 is 5.69 Å². The number of likely N-dealkylation sites (tertiary alicyclic amines) is 1. The maximum atomic E-state index is 15.1. The van der Waals surface area contributed by atoms with E-state index >= 15 is 4.39 Å². The van der Waals surface area contributed by atoms with Crippen molar-refractivity contribution in [3.8, 4) is 16.8 Å². The molecule has 0 bridgehead atoms. The highest BCUT2D eigenvalue weighted by atomic mass is 19.1. The van der Waals surface area contributed by atoms with E-state index in [4.69, 9.17) is 0 Å². The van der Waals surface area contributed by atoms with E-state index < -0.39 is 5.82 Å². The van der Waals surface area contributed by atoms with Crippen LogP contribution in [0.25, 0.3) is 16.8 Å². The summed E-state index contributed by atoms with van der Waals surface area (Å²) in [5.74, 6) is 0.162. The van der Waals surface area contributed by atoms with Gasteiger partial charge in [-0.05, 0) is 73.1 Å². The van der Waals surface area contributed by atoms with Crippen molar-refractivity contribution >= 4 is 11.6 Å². The van der Waals surface area contributed by atoms with Crippen LogP contribution >= 0.6 is 0 Å². The van der Waals surface area contributed by atoms with Gasteiger partial charge in [-0.15, -0.1) is 0 Å². The van der Waals surface area contributed by atoms with Crippen LogP contribution in [0.5, 0.6) is 0 Å². The summed E-state index contributed by atoms with van der Waals surface area (Å²) >= 11 is 0. The SMILES string of the molecule is Cc1cc(-c2ccc(-n3cnn(C[C@H]4CCN(C(=O)C5CC5)C4)c3=O)c(F)c2)ccc1N(C)C. The van der Waals surface area contributed by atoms with Crippen molar-refractivity contribution in [3.63, 3.8) is 0 Å². The molecule has 3 aromatic rings. The molecule has 2 aromatic carbocycles. The Morgan fingerprint density at radius 1 is 1.12 bits per heavy atom. The predicted molar refractivity (Wildman–Crippen MR) is 130 cm³/mol. The molecule has 0 spiro atoms. The van der Waals surface area contributed by atoms with E-state index in [1.54, 1.807) is 6.07 Å². The molecule has 8 heteroatoms. The minimum atomic E-state index is -0.476. The van der Waals surface area contributed by atoms with Crippen molar-refractivity contribution in [2.24, 2.45) is 11.8 Å². The number of carbonyl (C=O) groups excluding carboxylic acids is 1. The Hall–Kier alpha value is -3.42. The number of carbonyl (C=O) groups is 1. The molecule has 2 heterocycles. The van der Waals surface area contributed by atoms with Gasteiger partial charge in [0.1, 0.15) is 12.1 Å². The maximum Gasteiger partial charge on any atom is 0.350 e. The average Bonchev–Trinajstić information content (AvgIpc) is 3.46. The van der Waals surface area contributed by atoms with Crippen molar-refractivity contribution < 1.29 is 9.18 Å². The standard InChI is InChI=1S/C26H30FN5O2/c1-17-12-20(6-8-23(17)29(2)3)21-7-9-24(22(27)13-21)31-16-28-32(26(31)34)15-18-10-11-30(14-18)25(33)19-4-5-19/h6-9,12-13,16,18-19H,4-5,10-11,14-15H2,1-3H3/t18-/m0/s1. The van der Waals surface area contributed by atoms with Crippen molar-refractivity contribution in [1.29, 1.82) is 0 Å². The first-order valence-electron chi connectivity index (χ1n) is 11.8. The number of benzene rings is 2. The number of anilines is 1. The maximum absolute atomic E-state index is 15.1. The van der Waals surface area contributed by atoms with Gasteiger partial charge in [0.2, 0.25) is 5.91 Å². The first kappa shape index (κ1) is 22.4. The Morgan fingerprint density at radius 3 is 2.53 bits per heavy atom. The molecular weight excluding hydrogens is 433 g/mol. The third kappa shape index (κ3) is 4.24. The van der Waals surface area contributed by atoms with Crippen LogP contribution in [0.3, 0.4) is 0 Å². The monoisotopic (exact) mass is 463 g/mol. The number of aryl methyl sites for hydroxylation is 1. The fourth-order valence-electron chi connectivity index (χ4n) is 4.86. The molecular formula is C26H30FN5O2. The molecule has 178 valence electrons. The highest BCUT2D eigenvalue weighted by Crippen LogP contribution is 2.33. The average molecular weight is 464 g/mol. The number of hydrogen-bond acceptors (Lipinski definition) is 4. The van der Waals surface area contributed by atoms with Crippen LogP contribution in [0.15, 0.2) is 47.5 Å². The zero-order valence-corrected chi connectivity index (χ0v) is 19.9. The molecule has 1 amide bonds. The van der Waals surface area contributed by atoms with E-state index in [1.165, 1.54) is 21.6 Å². The second-order valence-corrected chi connectivity index (χ2v) is 9.74. The first-order valence-corrected chi connectivity index (χ1v) is 11.8. The number of halogens is 1. The Balaban J connectivity index is 1.32. The number of hydrogen-bond donors (Lipinski definition) is 0. The van der Waals surface area contributed by atoms with E-state index in [-0.39, 0.29) is 29.1 Å². The van der Waals surface area contributed by atoms with Gasteiger partial charge in [-0.2, -0.15) is 5.10 Å². The quantitative estimate of drug-likeness (QED) is 0.562. The van der Waals surface area contributed by atoms with Crippen molar-refractivity contribution in [2.75, 3.05) is 32.1 Å². The molecule has 1 aromatic heterocycles. The van der Waals surface area contributed by atoms with E-state index in [0.29, 0.717) is 13.1 Å².